The Hall–Kier alpha value is -4.58. The first-order valence-electron chi connectivity index (χ1n) is 15.6. The van der Waals surface area contributed by atoms with E-state index >= 15 is 8.78 Å². The second kappa shape index (κ2) is 12.2. The zero-order chi connectivity index (χ0) is 33.9. The van der Waals surface area contributed by atoms with Gasteiger partial charge in [-0.2, -0.15) is 4.98 Å². The van der Waals surface area contributed by atoms with E-state index in [1.807, 2.05) is 32.6 Å². The van der Waals surface area contributed by atoms with E-state index in [1.165, 1.54) is 29.1 Å². The summed E-state index contributed by atoms with van der Waals surface area (Å²) in [6, 6.07) is 3.42. The summed E-state index contributed by atoms with van der Waals surface area (Å²) >= 11 is 7.19. The maximum Gasteiger partial charge on any atom is 0.354 e. The molecule has 0 saturated carbocycles. The Morgan fingerprint density at radius 1 is 1.06 bits per heavy atom. The molecule has 4 heterocycles. The van der Waals surface area contributed by atoms with Crippen LogP contribution >= 0.6 is 11.6 Å². The fraction of sp³-hybridized carbons (Fsp3) is 0.382. The van der Waals surface area contributed by atoms with Gasteiger partial charge in [-0.3, -0.25) is 9.36 Å². The Morgan fingerprint density at radius 3 is 2.36 bits per heavy atom. The zero-order valence-electron chi connectivity index (χ0n) is 26.9. The predicted octanol–water partition coefficient (Wildman–Crippen LogP) is 5.77. The van der Waals surface area contributed by atoms with Crippen LogP contribution in [0.4, 0.5) is 20.3 Å². The molecule has 1 amide bonds. The van der Waals surface area contributed by atoms with Crippen molar-refractivity contribution in [3.8, 4) is 22.6 Å². The minimum Gasteiger partial charge on any atom is -0.507 e. The van der Waals surface area contributed by atoms with E-state index in [0.29, 0.717) is 49.7 Å². The van der Waals surface area contributed by atoms with E-state index in [2.05, 4.69) is 21.5 Å². The van der Waals surface area contributed by atoms with Gasteiger partial charge in [0.05, 0.1) is 44.3 Å². The Bertz CT molecular complexity index is 1950. The van der Waals surface area contributed by atoms with Gasteiger partial charge in [-0.25, -0.2) is 23.5 Å². The summed E-state index contributed by atoms with van der Waals surface area (Å²) in [4.78, 5) is 46.1. The van der Waals surface area contributed by atoms with E-state index in [1.54, 1.807) is 16.8 Å². The quantitative estimate of drug-likeness (QED) is 0.268. The number of fused-ring (bicyclic) bond motifs is 2. The monoisotopic (exact) mass is 663 g/mol. The number of piperazine rings is 1. The van der Waals surface area contributed by atoms with Crippen LogP contribution in [-0.2, 0) is 4.79 Å². The van der Waals surface area contributed by atoms with Crippen molar-refractivity contribution in [3.05, 3.63) is 75.7 Å². The maximum atomic E-state index is 17.1. The molecule has 2 aromatic heterocycles. The molecular weight excluding hydrogens is 628 g/mol. The second-order valence-electron chi connectivity index (χ2n) is 12.6. The third kappa shape index (κ3) is 5.18. The first-order chi connectivity index (χ1) is 22.4. The molecular formula is C34H36ClF2N7O3. The van der Waals surface area contributed by atoms with Crippen LogP contribution in [0.15, 0.2) is 42.0 Å². The first-order valence-corrected chi connectivity index (χ1v) is 15.9. The summed E-state index contributed by atoms with van der Waals surface area (Å²) in [5, 5.41) is 10.8. The summed E-state index contributed by atoms with van der Waals surface area (Å²) < 4.78 is 34.0. The number of carbonyl (C=O) groups is 1. The molecule has 47 heavy (non-hydrogen) atoms. The number of anilines is 2. The van der Waals surface area contributed by atoms with Gasteiger partial charge in [-0.1, -0.05) is 51.9 Å². The molecule has 1 N–H and O–H groups in total. The number of phenols is 1. The molecule has 0 radical (unpaired) electrons. The van der Waals surface area contributed by atoms with Crippen molar-refractivity contribution in [2.24, 2.45) is 0 Å². The third-order valence-electron chi connectivity index (χ3n) is 9.03. The molecule has 10 nitrogen and oxygen atoms in total. The fourth-order valence-corrected chi connectivity index (χ4v) is 7.13. The van der Waals surface area contributed by atoms with E-state index in [0.717, 1.165) is 6.07 Å². The smallest absolute Gasteiger partial charge is 0.354 e. The van der Waals surface area contributed by atoms with Gasteiger partial charge in [-0.15, -0.1) is 0 Å². The first kappa shape index (κ1) is 32.4. The Kier molecular flexibility index (Phi) is 8.41. The van der Waals surface area contributed by atoms with E-state index in [4.69, 9.17) is 11.6 Å². The van der Waals surface area contributed by atoms with Crippen molar-refractivity contribution >= 4 is 39.9 Å². The minimum atomic E-state index is -0.883. The SMILES string of the molecule is C=CC(=O)N1CCN2c3nc(=O)n(-c4c(C(C)C)ncnc4C(C)C)c4c(Cl)c(-c5c(O)cccc5F)c(F)c(c34)N(C)CCC2C1. The molecule has 246 valence electrons. The number of hydrogen-bond acceptors (Lipinski definition) is 8. The average Bonchev–Trinajstić information content (AvgIpc) is 3.03. The highest BCUT2D eigenvalue weighted by Gasteiger charge is 2.38. The molecule has 1 atom stereocenters. The lowest BCUT2D eigenvalue weighted by Crippen LogP contribution is -2.56. The topological polar surface area (TPSA) is 108 Å². The Balaban J connectivity index is 1.82. The van der Waals surface area contributed by atoms with Crippen molar-refractivity contribution in [1.29, 1.82) is 0 Å². The fourth-order valence-electron chi connectivity index (χ4n) is 6.78. The summed E-state index contributed by atoms with van der Waals surface area (Å²) in [5.41, 5.74) is 0.0971. The Labute approximate surface area is 275 Å². The van der Waals surface area contributed by atoms with Gasteiger partial charge in [0.1, 0.15) is 23.7 Å². The minimum absolute atomic E-state index is 0.0513. The number of aromatic hydroxyl groups is 1. The summed E-state index contributed by atoms with van der Waals surface area (Å²) in [6.45, 7) is 12.7. The van der Waals surface area contributed by atoms with Crippen LogP contribution in [0.2, 0.25) is 5.02 Å². The van der Waals surface area contributed by atoms with Gasteiger partial charge < -0.3 is 19.8 Å². The van der Waals surface area contributed by atoms with E-state index < -0.39 is 28.6 Å². The van der Waals surface area contributed by atoms with Crippen LogP contribution in [0.3, 0.4) is 0 Å². The van der Waals surface area contributed by atoms with Crippen molar-refractivity contribution in [2.75, 3.05) is 43.0 Å². The standard InChI is InChI=1S/C34H36ClF2N7O3/c1-7-22(46)42-13-14-43-19(15-42)11-12-41(6)31-25-30(26(35)24(27(31)37)23-20(36)9-8-10-21(23)45)44(34(47)40-33(25)43)32-28(17(2)3)38-16-39-29(32)18(4)5/h7-10,16-19,45H,1,11-15H2,2-6H3. The molecule has 6 rings (SSSR count). The number of benzene rings is 2. The molecule has 13 heteroatoms. The van der Waals surface area contributed by atoms with Gasteiger partial charge in [0, 0.05) is 44.8 Å². The molecule has 2 aromatic carbocycles. The number of aromatic nitrogens is 4. The van der Waals surface area contributed by atoms with Crippen molar-refractivity contribution < 1.29 is 18.7 Å². The van der Waals surface area contributed by atoms with Crippen molar-refractivity contribution in [2.45, 2.75) is 52.0 Å². The molecule has 2 aliphatic heterocycles. The number of nitrogens with zero attached hydrogens (tertiary/aromatic N) is 7. The number of halogens is 3. The molecule has 4 aromatic rings. The van der Waals surface area contributed by atoms with Crippen LogP contribution in [0.1, 0.15) is 57.3 Å². The summed E-state index contributed by atoms with van der Waals surface area (Å²) in [6.07, 6.45) is 3.21. The number of rotatable bonds is 5. The molecule has 0 bridgehead atoms. The van der Waals surface area contributed by atoms with Crippen LogP contribution in [0.25, 0.3) is 27.7 Å². The predicted molar refractivity (Wildman–Crippen MR) is 179 cm³/mol. The van der Waals surface area contributed by atoms with Crippen LogP contribution < -0.4 is 15.5 Å². The van der Waals surface area contributed by atoms with Gasteiger partial charge >= 0.3 is 5.69 Å². The normalized spacial score (nSPS) is 16.5. The maximum absolute atomic E-state index is 17.1. The number of phenolic OH excluding ortho intramolecular Hbond substituents is 1. The van der Waals surface area contributed by atoms with Crippen molar-refractivity contribution in [3.63, 3.8) is 0 Å². The lowest BCUT2D eigenvalue weighted by Gasteiger charge is -2.44. The summed E-state index contributed by atoms with van der Waals surface area (Å²) in [5.74, 6) is -2.59. The molecule has 1 fully saturated rings. The molecule has 0 aliphatic carbocycles. The van der Waals surface area contributed by atoms with Gasteiger partial charge in [0.25, 0.3) is 0 Å². The lowest BCUT2D eigenvalue weighted by atomic mass is 9.96. The molecule has 1 saturated heterocycles. The lowest BCUT2D eigenvalue weighted by molar-refractivity contribution is -0.126. The molecule has 1 unspecified atom stereocenters. The third-order valence-corrected chi connectivity index (χ3v) is 9.39. The van der Waals surface area contributed by atoms with Crippen LogP contribution in [-0.4, -0.2) is 74.7 Å². The number of amides is 1. The van der Waals surface area contributed by atoms with Crippen LogP contribution in [0.5, 0.6) is 5.75 Å². The largest absolute Gasteiger partial charge is 0.507 e. The number of hydrogen-bond donors (Lipinski definition) is 1. The second-order valence-corrected chi connectivity index (χ2v) is 13.0. The average molecular weight is 664 g/mol. The zero-order valence-corrected chi connectivity index (χ0v) is 27.6. The Morgan fingerprint density at radius 2 is 1.74 bits per heavy atom. The van der Waals surface area contributed by atoms with E-state index in [9.17, 15) is 14.7 Å². The highest BCUT2D eigenvalue weighted by molar-refractivity contribution is 6.39. The summed E-state index contributed by atoms with van der Waals surface area (Å²) in [7, 11) is 1.70. The van der Waals surface area contributed by atoms with Gasteiger partial charge in [-0.05, 0) is 36.5 Å². The highest BCUT2D eigenvalue weighted by Crippen LogP contribution is 2.49. The van der Waals surface area contributed by atoms with Gasteiger partial charge in [0.2, 0.25) is 5.91 Å². The molecule has 2 aliphatic rings. The van der Waals surface area contributed by atoms with Gasteiger partial charge in [0.15, 0.2) is 5.82 Å². The molecule has 0 spiro atoms. The van der Waals surface area contributed by atoms with Crippen molar-refractivity contribution in [1.82, 2.24) is 24.4 Å². The number of carbonyl (C=O) groups excluding carboxylic acids is 1. The van der Waals surface area contributed by atoms with E-state index in [-0.39, 0.29) is 56.8 Å². The highest BCUT2D eigenvalue weighted by atomic mass is 35.5. The van der Waals surface area contributed by atoms with Crippen LogP contribution in [0, 0.1) is 11.6 Å².